The van der Waals surface area contributed by atoms with Crippen molar-refractivity contribution in [3.63, 3.8) is 0 Å². The van der Waals surface area contributed by atoms with Crippen molar-refractivity contribution in [3.8, 4) is 0 Å². The number of hydrogen-bond acceptors (Lipinski definition) is 4. The second-order valence-corrected chi connectivity index (χ2v) is 7.03. The van der Waals surface area contributed by atoms with Gasteiger partial charge < -0.3 is 10.6 Å². The molecule has 2 aromatic rings. The molecule has 6 nitrogen and oxygen atoms in total. The van der Waals surface area contributed by atoms with Gasteiger partial charge in [-0.15, -0.1) is 0 Å². The average Bonchev–Trinajstić information content (AvgIpc) is 2.48. The number of rotatable bonds is 4. The first kappa shape index (κ1) is 18.0. The van der Waals surface area contributed by atoms with Crippen molar-refractivity contribution in [1.29, 1.82) is 0 Å². The fraction of sp³-hybridized carbons (Fsp3) is 0.353. The number of halogens is 1. The summed E-state index contributed by atoms with van der Waals surface area (Å²) < 4.78 is 1.36. The van der Waals surface area contributed by atoms with Crippen LogP contribution in [0, 0.1) is 0 Å². The maximum Gasteiger partial charge on any atom is 0.288 e. The van der Waals surface area contributed by atoms with Crippen molar-refractivity contribution in [1.82, 2.24) is 9.78 Å². The first-order chi connectivity index (χ1) is 11.1. The molecule has 0 bridgehead atoms. The average molecular weight is 349 g/mol. The molecule has 128 valence electrons. The number of aromatic nitrogens is 2. The molecule has 0 spiro atoms. The molecule has 0 aliphatic rings. The molecule has 1 aromatic heterocycles. The number of amides is 1. The Labute approximate surface area is 145 Å². The monoisotopic (exact) mass is 348 g/mol. The molecule has 2 N–H and O–H groups in total. The minimum absolute atomic E-state index is 0.119. The van der Waals surface area contributed by atoms with Gasteiger partial charge in [-0.3, -0.25) is 9.59 Å². The molecule has 24 heavy (non-hydrogen) atoms. The van der Waals surface area contributed by atoms with Gasteiger partial charge in [-0.2, -0.15) is 5.10 Å². The van der Waals surface area contributed by atoms with Gasteiger partial charge in [0.2, 0.25) is 5.91 Å². The van der Waals surface area contributed by atoms with E-state index in [0.29, 0.717) is 17.8 Å². The lowest BCUT2D eigenvalue weighted by Gasteiger charge is -2.24. The third-order valence-corrected chi connectivity index (χ3v) is 3.93. The van der Waals surface area contributed by atoms with E-state index in [2.05, 4.69) is 5.10 Å². The number of hydrogen-bond donors (Lipinski definition) is 1. The Hall–Kier alpha value is -2.34. The molecule has 0 fully saturated rings. The largest absolute Gasteiger partial charge is 0.368 e. The van der Waals surface area contributed by atoms with Gasteiger partial charge in [-0.05, 0) is 38.5 Å². The zero-order valence-electron chi connectivity index (χ0n) is 14.2. The summed E-state index contributed by atoms with van der Waals surface area (Å²) >= 11 is 6.26. The van der Waals surface area contributed by atoms with Crippen LogP contribution in [0.1, 0.15) is 36.7 Å². The molecule has 1 amide bonds. The van der Waals surface area contributed by atoms with E-state index in [1.54, 1.807) is 31.4 Å². The predicted octanol–water partition coefficient (Wildman–Crippen LogP) is 2.39. The van der Waals surface area contributed by atoms with Crippen LogP contribution < -0.4 is 16.2 Å². The highest BCUT2D eigenvalue weighted by atomic mass is 35.5. The second-order valence-electron chi connectivity index (χ2n) is 6.65. The van der Waals surface area contributed by atoms with Crippen LogP contribution in [-0.2, 0) is 12.1 Å². The maximum absolute atomic E-state index is 12.4. The predicted molar refractivity (Wildman–Crippen MR) is 95.6 cm³/mol. The molecule has 0 radical (unpaired) electrons. The van der Waals surface area contributed by atoms with Crippen LogP contribution in [0.5, 0.6) is 0 Å². The van der Waals surface area contributed by atoms with Crippen LogP contribution in [0.15, 0.2) is 35.3 Å². The summed E-state index contributed by atoms with van der Waals surface area (Å²) in [7, 11) is 1.81. The first-order valence-electron chi connectivity index (χ1n) is 7.49. The Morgan fingerprint density at radius 3 is 2.62 bits per heavy atom. The van der Waals surface area contributed by atoms with Gasteiger partial charge in [-0.25, -0.2) is 4.68 Å². The highest BCUT2D eigenvalue weighted by molar-refractivity contribution is 6.33. The third-order valence-electron chi connectivity index (χ3n) is 3.58. The van der Waals surface area contributed by atoms with Crippen LogP contribution in [0.25, 0.3) is 0 Å². The fourth-order valence-corrected chi connectivity index (χ4v) is 2.62. The molecule has 7 heteroatoms. The van der Waals surface area contributed by atoms with Crippen LogP contribution in [0.3, 0.4) is 0 Å². The normalized spacial score (nSPS) is 11.4. The van der Waals surface area contributed by atoms with Crippen molar-refractivity contribution in [3.05, 3.63) is 57.0 Å². The fourth-order valence-electron chi connectivity index (χ4n) is 2.35. The van der Waals surface area contributed by atoms with E-state index in [1.165, 1.54) is 4.68 Å². The van der Waals surface area contributed by atoms with Gasteiger partial charge in [0.15, 0.2) is 0 Å². The zero-order chi connectivity index (χ0) is 18.1. The minimum Gasteiger partial charge on any atom is -0.368 e. The van der Waals surface area contributed by atoms with E-state index in [-0.39, 0.29) is 10.6 Å². The Bertz CT molecular complexity index is 824. The first-order valence-corrected chi connectivity index (χ1v) is 7.87. The number of nitrogens with zero attached hydrogens (tertiary/aromatic N) is 3. The zero-order valence-corrected chi connectivity index (χ0v) is 15.0. The summed E-state index contributed by atoms with van der Waals surface area (Å²) in [5.41, 5.74) is 6.37. The molecule has 1 aromatic carbocycles. The molecule has 2 rings (SSSR count). The number of nitrogens with two attached hydrogens (primary N) is 1. The third kappa shape index (κ3) is 3.76. The van der Waals surface area contributed by atoms with Crippen LogP contribution in [0.2, 0.25) is 5.02 Å². The van der Waals surface area contributed by atoms with Crippen molar-refractivity contribution in [2.75, 3.05) is 11.9 Å². The highest BCUT2D eigenvalue weighted by Gasteiger charge is 2.20. The van der Waals surface area contributed by atoms with Gasteiger partial charge >= 0.3 is 0 Å². The van der Waals surface area contributed by atoms with E-state index < -0.39 is 11.4 Å². The molecule has 0 aliphatic heterocycles. The molecule has 0 aliphatic carbocycles. The summed E-state index contributed by atoms with van der Waals surface area (Å²) in [5.74, 6) is -0.480. The summed E-state index contributed by atoms with van der Waals surface area (Å²) in [6.07, 6.45) is 1.58. The maximum atomic E-state index is 12.4. The standard InChI is InChI=1S/C17H21ClN4O2/c1-17(2,3)22-16(24)14(18)13(9-20-22)21(4)10-11-6-5-7-12(8-11)15(19)23/h5-9H,10H2,1-4H3,(H2,19,23). The molecule has 0 saturated carbocycles. The summed E-state index contributed by atoms with van der Waals surface area (Å²) in [5, 5.41) is 4.34. The van der Waals surface area contributed by atoms with Crippen molar-refractivity contribution >= 4 is 23.2 Å². The minimum atomic E-state index is -0.480. The molecule has 1 heterocycles. The van der Waals surface area contributed by atoms with E-state index in [0.717, 1.165) is 5.56 Å². The van der Waals surface area contributed by atoms with Gasteiger partial charge in [0.05, 0.1) is 17.4 Å². The number of primary amides is 1. The Kier molecular flexibility index (Phi) is 4.99. The number of carbonyl (C=O) groups is 1. The van der Waals surface area contributed by atoms with Gasteiger partial charge in [0.1, 0.15) is 5.02 Å². The summed E-state index contributed by atoms with van der Waals surface area (Å²) in [6.45, 7) is 6.12. The molecule has 0 atom stereocenters. The smallest absolute Gasteiger partial charge is 0.288 e. The number of carbonyl (C=O) groups excluding carboxylic acids is 1. The Morgan fingerprint density at radius 2 is 2.04 bits per heavy atom. The number of benzene rings is 1. The van der Waals surface area contributed by atoms with E-state index in [4.69, 9.17) is 17.3 Å². The molecule has 0 unspecified atom stereocenters. The molecular formula is C17H21ClN4O2. The topological polar surface area (TPSA) is 81.2 Å². The number of anilines is 1. The lowest BCUT2D eigenvalue weighted by molar-refractivity contribution is 0.1000. The molecule has 0 saturated heterocycles. The SMILES string of the molecule is CN(Cc1cccc(C(N)=O)c1)c1cnn(C(C)(C)C)c(=O)c1Cl. The van der Waals surface area contributed by atoms with Crippen LogP contribution in [0.4, 0.5) is 5.69 Å². The quantitative estimate of drug-likeness (QED) is 0.919. The van der Waals surface area contributed by atoms with Crippen LogP contribution >= 0.6 is 11.6 Å². The molecular weight excluding hydrogens is 328 g/mol. The van der Waals surface area contributed by atoms with Gasteiger partial charge in [-0.1, -0.05) is 23.7 Å². The lowest BCUT2D eigenvalue weighted by Crippen LogP contribution is -2.37. The van der Waals surface area contributed by atoms with E-state index >= 15 is 0 Å². The van der Waals surface area contributed by atoms with Crippen molar-refractivity contribution in [2.45, 2.75) is 32.9 Å². The van der Waals surface area contributed by atoms with E-state index in [9.17, 15) is 9.59 Å². The second kappa shape index (κ2) is 6.65. The van der Waals surface area contributed by atoms with E-state index in [1.807, 2.05) is 31.7 Å². The lowest BCUT2D eigenvalue weighted by atomic mass is 10.1. The van der Waals surface area contributed by atoms with Crippen LogP contribution in [-0.4, -0.2) is 22.7 Å². The van der Waals surface area contributed by atoms with Crippen molar-refractivity contribution in [2.24, 2.45) is 5.73 Å². The summed E-state index contributed by atoms with van der Waals surface area (Å²) in [4.78, 5) is 25.5. The Balaban J connectivity index is 2.32. The van der Waals surface area contributed by atoms with Gasteiger partial charge in [0.25, 0.3) is 5.56 Å². The Morgan fingerprint density at radius 1 is 1.38 bits per heavy atom. The van der Waals surface area contributed by atoms with Gasteiger partial charge in [0, 0.05) is 19.2 Å². The van der Waals surface area contributed by atoms with Crippen molar-refractivity contribution < 1.29 is 4.79 Å². The summed E-state index contributed by atoms with van der Waals surface area (Å²) in [6, 6.07) is 7.02. The highest BCUT2D eigenvalue weighted by Crippen LogP contribution is 2.23.